The van der Waals surface area contributed by atoms with E-state index in [4.69, 9.17) is 4.52 Å². The summed E-state index contributed by atoms with van der Waals surface area (Å²) in [6.45, 7) is 1.89. The van der Waals surface area contributed by atoms with Crippen molar-refractivity contribution >= 4 is 0 Å². The number of halogens is 1. The van der Waals surface area contributed by atoms with E-state index in [1.807, 2.05) is 6.92 Å². The van der Waals surface area contributed by atoms with Crippen molar-refractivity contribution in [2.75, 3.05) is 0 Å². The molecule has 0 radical (unpaired) electrons. The third-order valence-electron chi connectivity index (χ3n) is 1.97. The van der Waals surface area contributed by atoms with Gasteiger partial charge in [0.1, 0.15) is 11.6 Å². The van der Waals surface area contributed by atoms with Crippen LogP contribution in [-0.4, -0.2) is 15.2 Å². The summed E-state index contributed by atoms with van der Waals surface area (Å²) in [5.41, 5.74) is 0.337. The molecule has 0 aliphatic rings. The van der Waals surface area contributed by atoms with Crippen LogP contribution in [0, 0.1) is 5.82 Å². The number of aromatic nitrogens is 2. The lowest BCUT2D eigenvalue weighted by Gasteiger charge is -1.97. The van der Waals surface area contributed by atoms with Crippen molar-refractivity contribution in [1.29, 1.82) is 0 Å². The summed E-state index contributed by atoms with van der Waals surface area (Å²) in [6, 6.07) is 3.63. The van der Waals surface area contributed by atoms with Gasteiger partial charge in [0.25, 0.3) is 5.89 Å². The standard InChI is InChI=1S/C10H9FN2O2/c1-2-9-12-10(15-13-9)7-4-3-6(11)5-8(7)14/h3-5,14H,2H2,1H3. The number of hydrogen-bond acceptors (Lipinski definition) is 4. The lowest BCUT2D eigenvalue weighted by Crippen LogP contribution is -1.83. The van der Waals surface area contributed by atoms with Gasteiger partial charge < -0.3 is 9.63 Å². The number of phenols is 1. The van der Waals surface area contributed by atoms with Crippen LogP contribution in [0.2, 0.25) is 0 Å². The molecule has 1 N–H and O–H groups in total. The predicted octanol–water partition coefficient (Wildman–Crippen LogP) is 2.14. The van der Waals surface area contributed by atoms with Gasteiger partial charge >= 0.3 is 0 Å². The number of phenolic OH excluding ortho intramolecular Hbond substituents is 1. The van der Waals surface area contributed by atoms with Gasteiger partial charge in [0.05, 0.1) is 5.56 Å². The number of rotatable bonds is 2. The Labute approximate surface area is 85.4 Å². The summed E-state index contributed by atoms with van der Waals surface area (Å²) in [4.78, 5) is 4.03. The lowest BCUT2D eigenvalue weighted by atomic mass is 10.2. The number of benzene rings is 1. The van der Waals surface area contributed by atoms with Crippen molar-refractivity contribution in [2.45, 2.75) is 13.3 Å². The second kappa shape index (κ2) is 3.68. The molecule has 0 atom stereocenters. The van der Waals surface area contributed by atoms with Gasteiger partial charge in [0.15, 0.2) is 5.82 Å². The molecule has 1 aromatic heterocycles. The molecule has 0 saturated heterocycles. The molecule has 1 heterocycles. The van der Waals surface area contributed by atoms with Crippen LogP contribution < -0.4 is 0 Å². The highest BCUT2D eigenvalue weighted by Crippen LogP contribution is 2.28. The van der Waals surface area contributed by atoms with Crippen LogP contribution in [0.3, 0.4) is 0 Å². The molecule has 0 aliphatic carbocycles. The maximum absolute atomic E-state index is 12.7. The topological polar surface area (TPSA) is 59.2 Å². The molecule has 15 heavy (non-hydrogen) atoms. The van der Waals surface area contributed by atoms with E-state index in [0.717, 1.165) is 6.07 Å². The smallest absolute Gasteiger partial charge is 0.261 e. The molecule has 78 valence electrons. The Morgan fingerprint density at radius 1 is 1.47 bits per heavy atom. The summed E-state index contributed by atoms with van der Waals surface area (Å²) in [5.74, 6) is 0.0332. The van der Waals surface area contributed by atoms with E-state index in [-0.39, 0.29) is 11.6 Å². The highest BCUT2D eigenvalue weighted by atomic mass is 19.1. The van der Waals surface area contributed by atoms with Gasteiger partial charge in [-0.05, 0) is 12.1 Å². The minimum absolute atomic E-state index is 0.198. The van der Waals surface area contributed by atoms with Crippen molar-refractivity contribution in [3.05, 3.63) is 29.8 Å². The predicted molar refractivity (Wildman–Crippen MR) is 50.7 cm³/mol. The fourth-order valence-corrected chi connectivity index (χ4v) is 1.19. The number of aromatic hydroxyl groups is 1. The van der Waals surface area contributed by atoms with E-state index in [0.29, 0.717) is 17.8 Å². The Hall–Kier alpha value is -1.91. The van der Waals surface area contributed by atoms with E-state index in [1.165, 1.54) is 12.1 Å². The van der Waals surface area contributed by atoms with Crippen LogP contribution in [0.15, 0.2) is 22.7 Å². The highest BCUT2D eigenvalue weighted by molar-refractivity contribution is 5.61. The average Bonchev–Trinajstić information content (AvgIpc) is 2.66. The SMILES string of the molecule is CCc1noc(-c2ccc(F)cc2O)n1. The molecule has 0 unspecified atom stereocenters. The normalized spacial score (nSPS) is 10.5. The zero-order valence-corrected chi connectivity index (χ0v) is 8.07. The molecular weight excluding hydrogens is 199 g/mol. The van der Waals surface area contributed by atoms with Gasteiger partial charge in [-0.25, -0.2) is 4.39 Å². The van der Waals surface area contributed by atoms with E-state index < -0.39 is 5.82 Å². The summed E-state index contributed by atoms with van der Waals surface area (Å²) in [5, 5.41) is 13.1. The Balaban J connectivity index is 2.44. The maximum Gasteiger partial charge on any atom is 0.261 e. The molecular formula is C10H9FN2O2. The maximum atomic E-state index is 12.7. The first kappa shape index (κ1) is 9.64. The van der Waals surface area contributed by atoms with E-state index in [1.54, 1.807) is 0 Å². The fourth-order valence-electron chi connectivity index (χ4n) is 1.19. The largest absolute Gasteiger partial charge is 0.507 e. The summed E-state index contributed by atoms with van der Waals surface area (Å²) in [7, 11) is 0. The Morgan fingerprint density at radius 2 is 2.27 bits per heavy atom. The minimum Gasteiger partial charge on any atom is -0.507 e. The lowest BCUT2D eigenvalue weighted by molar-refractivity contribution is 0.417. The summed E-state index contributed by atoms with van der Waals surface area (Å²) < 4.78 is 17.6. The molecule has 0 aliphatic heterocycles. The Kier molecular flexibility index (Phi) is 2.37. The van der Waals surface area contributed by atoms with Crippen LogP contribution in [0.25, 0.3) is 11.5 Å². The van der Waals surface area contributed by atoms with Crippen LogP contribution in [0.5, 0.6) is 5.75 Å². The van der Waals surface area contributed by atoms with Crippen molar-refractivity contribution in [1.82, 2.24) is 10.1 Å². The van der Waals surface area contributed by atoms with E-state index in [9.17, 15) is 9.50 Å². The minimum atomic E-state index is -0.508. The van der Waals surface area contributed by atoms with Gasteiger partial charge in [-0.3, -0.25) is 0 Å². The molecule has 2 aromatic rings. The van der Waals surface area contributed by atoms with Crippen molar-refractivity contribution < 1.29 is 14.0 Å². The van der Waals surface area contributed by atoms with Crippen LogP contribution >= 0.6 is 0 Å². The second-order valence-electron chi connectivity index (χ2n) is 3.03. The highest BCUT2D eigenvalue weighted by Gasteiger charge is 2.12. The zero-order chi connectivity index (χ0) is 10.8. The van der Waals surface area contributed by atoms with Crippen LogP contribution in [0.1, 0.15) is 12.7 Å². The quantitative estimate of drug-likeness (QED) is 0.821. The van der Waals surface area contributed by atoms with Crippen molar-refractivity contribution in [2.24, 2.45) is 0 Å². The van der Waals surface area contributed by atoms with Gasteiger partial charge in [-0.2, -0.15) is 4.98 Å². The second-order valence-corrected chi connectivity index (χ2v) is 3.03. The molecule has 0 saturated carbocycles. The molecule has 2 rings (SSSR count). The third kappa shape index (κ3) is 1.81. The van der Waals surface area contributed by atoms with Gasteiger partial charge in [-0.15, -0.1) is 0 Å². The molecule has 0 spiro atoms. The monoisotopic (exact) mass is 208 g/mol. The summed E-state index contributed by atoms with van der Waals surface area (Å²) >= 11 is 0. The van der Waals surface area contributed by atoms with E-state index >= 15 is 0 Å². The first-order valence-electron chi connectivity index (χ1n) is 4.52. The van der Waals surface area contributed by atoms with Crippen molar-refractivity contribution in [3.63, 3.8) is 0 Å². The Morgan fingerprint density at radius 3 is 2.87 bits per heavy atom. The molecule has 4 nitrogen and oxygen atoms in total. The number of nitrogens with zero attached hydrogens (tertiary/aromatic N) is 2. The van der Waals surface area contributed by atoms with Gasteiger partial charge in [-0.1, -0.05) is 12.1 Å². The summed E-state index contributed by atoms with van der Waals surface area (Å²) in [6.07, 6.45) is 0.644. The molecule has 0 amide bonds. The fraction of sp³-hybridized carbons (Fsp3) is 0.200. The number of hydrogen-bond donors (Lipinski definition) is 1. The van der Waals surface area contributed by atoms with Gasteiger partial charge in [0, 0.05) is 12.5 Å². The average molecular weight is 208 g/mol. The molecule has 0 bridgehead atoms. The first-order chi connectivity index (χ1) is 7.20. The first-order valence-corrected chi connectivity index (χ1v) is 4.52. The van der Waals surface area contributed by atoms with E-state index in [2.05, 4.69) is 10.1 Å². The van der Waals surface area contributed by atoms with Crippen LogP contribution in [0.4, 0.5) is 4.39 Å². The number of aryl methyl sites for hydroxylation is 1. The Bertz CT molecular complexity index is 482. The molecule has 1 aromatic carbocycles. The molecule has 0 fully saturated rings. The van der Waals surface area contributed by atoms with Crippen molar-refractivity contribution in [3.8, 4) is 17.2 Å². The third-order valence-corrected chi connectivity index (χ3v) is 1.97. The zero-order valence-electron chi connectivity index (χ0n) is 8.07. The van der Waals surface area contributed by atoms with Gasteiger partial charge in [0.2, 0.25) is 0 Å². The molecule has 5 heteroatoms. The van der Waals surface area contributed by atoms with Crippen LogP contribution in [-0.2, 0) is 6.42 Å².